The van der Waals surface area contributed by atoms with Crippen LogP contribution in [0.25, 0.3) is 6.08 Å². The fourth-order valence-corrected chi connectivity index (χ4v) is 8.16. The van der Waals surface area contributed by atoms with Crippen LogP contribution in [0.15, 0.2) is 71.6 Å². The maximum Gasteiger partial charge on any atom is 0.260 e. The SMILES string of the molecule is Cc1cccc(N2CCN(C(=O)c3ccc(/C=C4/SC5CCCCC5N(Cc5cccc(Cl)c5)C4=O)cc3)CC2)c1C. The molecule has 3 aromatic carbocycles. The summed E-state index contributed by atoms with van der Waals surface area (Å²) in [4.78, 5) is 34.3. The van der Waals surface area contributed by atoms with Crippen LogP contribution in [0, 0.1) is 13.8 Å². The van der Waals surface area contributed by atoms with Gasteiger partial charge in [-0.15, -0.1) is 11.8 Å². The summed E-state index contributed by atoms with van der Waals surface area (Å²) in [5.74, 6) is 0.153. The number of anilines is 1. The summed E-state index contributed by atoms with van der Waals surface area (Å²) >= 11 is 7.98. The summed E-state index contributed by atoms with van der Waals surface area (Å²) in [5, 5.41) is 1.10. The number of aryl methyl sites for hydroxylation is 1. The van der Waals surface area contributed by atoms with E-state index >= 15 is 0 Å². The predicted molar refractivity (Wildman–Crippen MR) is 174 cm³/mol. The topological polar surface area (TPSA) is 43.9 Å². The number of amides is 2. The number of halogens is 1. The maximum atomic E-state index is 13.8. The van der Waals surface area contributed by atoms with Crippen molar-refractivity contribution in [2.24, 2.45) is 0 Å². The summed E-state index contributed by atoms with van der Waals surface area (Å²) in [6.07, 6.45) is 6.54. The largest absolute Gasteiger partial charge is 0.368 e. The number of hydrogen-bond acceptors (Lipinski definition) is 4. The molecule has 2 heterocycles. The number of nitrogens with zero attached hydrogens (tertiary/aromatic N) is 3. The fourth-order valence-electron chi connectivity index (χ4n) is 6.48. The Morgan fingerprint density at radius 1 is 0.952 bits per heavy atom. The van der Waals surface area contributed by atoms with Crippen LogP contribution in [0.4, 0.5) is 5.69 Å². The molecule has 2 atom stereocenters. The number of rotatable bonds is 5. The quantitative estimate of drug-likeness (QED) is 0.288. The Morgan fingerprint density at radius 3 is 2.45 bits per heavy atom. The zero-order valence-corrected chi connectivity index (χ0v) is 26.0. The van der Waals surface area contributed by atoms with Crippen molar-refractivity contribution in [3.05, 3.63) is 104 Å². The van der Waals surface area contributed by atoms with Crippen LogP contribution in [0.5, 0.6) is 0 Å². The Kier molecular flexibility index (Phi) is 8.64. The minimum absolute atomic E-state index is 0.0654. The van der Waals surface area contributed by atoms with Crippen LogP contribution < -0.4 is 4.90 Å². The zero-order chi connectivity index (χ0) is 29.2. The lowest BCUT2D eigenvalue weighted by molar-refractivity contribution is -0.130. The van der Waals surface area contributed by atoms with E-state index in [2.05, 4.69) is 41.8 Å². The van der Waals surface area contributed by atoms with Crippen LogP contribution in [-0.2, 0) is 11.3 Å². The van der Waals surface area contributed by atoms with Crippen molar-refractivity contribution in [3.63, 3.8) is 0 Å². The third-order valence-electron chi connectivity index (χ3n) is 9.00. The summed E-state index contributed by atoms with van der Waals surface area (Å²) in [6, 6.07) is 22.2. The Hall–Kier alpha value is -3.22. The number of carbonyl (C=O) groups excluding carboxylic acids is 2. The predicted octanol–water partition coefficient (Wildman–Crippen LogP) is 7.35. The van der Waals surface area contributed by atoms with Gasteiger partial charge < -0.3 is 14.7 Å². The van der Waals surface area contributed by atoms with Gasteiger partial charge in [-0.3, -0.25) is 9.59 Å². The molecular weight excluding hydrogens is 562 g/mol. The van der Waals surface area contributed by atoms with Gasteiger partial charge in [-0.05, 0) is 85.4 Å². The monoisotopic (exact) mass is 599 g/mol. The molecule has 3 aromatic rings. The van der Waals surface area contributed by atoms with Gasteiger partial charge in [0.15, 0.2) is 0 Å². The van der Waals surface area contributed by atoms with Crippen LogP contribution in [0.2, 0.25) is 5.02 Å². The Labute approximate surface area is 258 Å². The van der Waals surface area contributed by atoms with Crippen LogP contribution in [-0.4, -0.2) is 59.1 Å². The lowest BCUT2D eigenvalue weighted by atomic mass is 9.92. The Bertz CT molecular complexity index is 1500. The molecule has 2 unspecified atom stereocenters. The van der Waals surface area contributed by atoms with E-state index < -0.39 is 0 Å². The van der Waals surface area contributed by atoms with Crippen LogP contribution >= 0.6 is 23.4 Å². The van der Waals surface area contributed by atoms with Gasteiger partial charge in [0.05, 0.1) is 4.91 Å². The third-order valence-corrected chi connectivity index (χ3v) is 10.6. The molecule has 6 rings (SSSR count). The minimum Gasteiger partial charge on any atom is -0.368 e. The first-order valence-corrected chi connectivity index (χ1v) is 16.3. The van der Waals surface area contributed by atoms with E-state index in [0.717, 1.165) is 48.4 Å². The highest BCUT2D eigenvalue weighted by molar-refractivity contribution is 8.04. The molecule has 0 N–H and O–H groups in total. The van der Waals surface area contributed by atoms with E-state index in [4.69, 9.17) is 11.6 Å². The van der Waals surface area contributed by atoms with E-state index in [1.165, 1.54) is 23.2 Å². The van der Waals surface area contributed by atoms with Crippen molar-refractivity contribution in [1.82, 2.24) is 9.80 Å². The molecule has 7 heteroatoms. The van der Waals surface area contributed by atoms with Crippen molar-refractivity contribution < 1.29 is 9.59 Å². The number of piperazine rings is 1. The van der Waals surface area contributed by atoms with Crippen LogP contribution in [0.1, 0.15) is 58.3 Å². The van der Waals surface area contributed by atoms with Crippen molar-refractivity contribution in [2.45, 2.75) is 57.4 Å². The highest BCUT2D eigenvalue weighted by Crippen LogP contribution is 2.43. The first kappa shape index (κ1) is 28.9. The first-order valence-electron chi connectivity index (χ1n) is 15.0. The molecule has 3 fully saturated rings. The lowest BCUT2D eigenvalue weighted by Gasteiger charge is -2.44. The highest BCUT2D eigenvalue weighted by atomic mass is 35.5. The molecule has 0 bridgehead atoms. The average Bonchev–Trinajstić information content (AvgIpc) is 3.01. The molecule has 3 aliphatic rings. The van der Waals surface area contributed by atoms with E-state index in [0.29, 0.717) is 35.5 Å². The summed E-state index contributed by atoms with van der Waals surface area (Å²) < 4.78 is 0. The number of thioether (sulfide) groups is 1. The van der Waals surface area contributed by atoms with E-state index in [9.17, 15) is 9.59 Å². The Morgan fingerprint density at radius 2 is 1.69 bits per heavy atom. The Balaban J connectivity index is 1.13. The molecular formula is C35H38ClN3O2S. The van der Waals surface area contributed by atoms with Gasteiger partial charge in [0.25, 0.3) is 11.8 Å². The number of carbonyl (C=O) groups is 2. The van der Waals surface area contributed by atoms with Gasteiger partial charge in [0.1, 0.15) is 0 Å². The number of fused-ring (bicyclic) bond motifs is 1. The van der Waals surface area contributed by atoms with Crippen LogP contribution in [0.3, 0.4) is 0 Å². The molecule has 0 radical (unpaired) electrons. The molecule has 0 spiro atoms. The van der Waals surface area contributed by atoms with E-state index in [1.54, 1.807) is 11.8 Å². The van der Waals surface area contributed by atoms with Crippen molar-refractivity contribution in [1.29, 1.82) is 0 Å². The number of hydrogen-bond donors (Lipinski definition) is 0. The lowest BCUT2D eigenvalue weighted by Crippen LogP contribution is -2.50. The molecule has 5 nitrogen and oxygen atoms in total. The van der Waals surface area contributed by atoms with Gasteiger partial charge in [-0.2, -0.15) is 0 Å². The smallest absolute Gasteiger partial charge is 0.260 e. The second kappa shape index (κ2) is 12.6. The third kappa shape index (κ3) is 6.11. The molecule has 2 saturated heterocycles. The zero-order valence-electron chi connectivity index (χ0n) is 24.4. The van der Waals surface area contributed by atoms with Gasteiger partial charge >= 0.3 is 0 Å². The second-order valence-corrected chi connectivity index (χ2v) is 13.4. The fraction of sp³-hybridized carbons (Fsp3) is 0.371. The summed E-state index contributed by atoms with van der Waals surface area (Å²) in [7, 11) is 0. The minimum atomic E-state index is 0.0654. The van der Waals surface area contributed by atoms with E-state index in [-0.39, 0.29) is 17.9 Å². The first-order chi connectivity index (χ1) is 20.4. The van der Waals surface area contributed by atoms with Gasteiger partial charge in [0, 0.05) is 60.3 Å². The molecule has 2 amide bonds. The van der Waals surface area contributed by atoms with Crippen molar-refractivity contribution in [3.8, 4) is 0 Å². The van der Waals surface area contributed by atoms with E-state index in [1.807, 2.05) is 59.5 Å². The second-order valence-electron chi connectivity index (χ2n) is 11.7. The molecule has 1 aliphatic carbocycles. The van der Waals surface area contributed by atoms with Gasteiger partial charge in [0.2, 0.25) is 0 Å². The number of benzene rings is 3. The molecule has 0 aromatic heterocycles. The molecule has 2 aliphatic heterocycles. The van der Waals surface area contributed by atoms with Crippen molar-refractivity contribution >= 4 is 46.9 Å². The maximum absolute atomic E-state index is 13.8. The summed E-state index contributed by atoms with van der Waals surface area (Å²) in [5.41, 5.74) is 6.56. The van der Waals surface area contributed by atoms with Crippen molar-refractivity contribution in [2.75, 3.05) is 31.1 Å². The molecule has 218 valence electrons. The molecule has 1 saturated carbocycles. The highest BCUT2D eigenvalue weighted by Gasteiger charge is 2.40. The standard InChI is InChI=1S/C35H38ClN3O2S/c1-24-7-5-11-30(25(24)2)37-17-19-38(20-18-37)34(40)28-15-13-26(14-16-28)22-33-35(41)39(23-27-8-6-9-29(36)21-27)31-10-3-4-12-32(31)42-33/h5-9,11,13-16,21-22,31-32H,3-4,10,12,17-20,23H2,1-2H3/b33-22+. The molecule has 42 heavy (non-hydrogen) atoms. The van der Waals surface area contributed by atoms with Gasteiger partial charge in [-0.1, -0.05) is 60.8 Å². The average molecular weight is 600 g/mol. The normalized spacial score (nSPS) is 21.9. The van der Waals surface area contributed by atoms with Gasteiger partial charge in [-0.25, -0.2) is 0 Å². The summed E-state index contributed by atoms with van der Waals surface area (Å²) in [6.45, 7) is 7.94.